The fourth-order valence-electron chi connectivity index (χ4n) is 3.53. The van der Waals surface area contributed by atoms with Crippen molar-refractivity contribution in [1.82, 2.24) is 0 Å². The highest BCUT2D eigenvalue weighted by molar-refractivity contribution is 5.48. The van der Waals surface area contributed by atoms with E-state index in [0.29, 0.717) is 11.7 Å². The van der Waals surface area contributed by atoms with Gasteiger partial charge >= 0.3 is 0 Å². The van der Waals surface area contributed by atoms with E-state index in [-0.39, 0.29) is 5.75 Å². The summed E-state index contributed by atoms with van der Waals surface area (Å²) in [4.78, 5) is 0. The van der Waals surface area contributed by atoms with Crippen molar-refractivity contribution in [3.8, 4) is 11.5 Å². The summed E-state index contributed by atoms with van der Waals surface area (Å²) in [6.45, 7) is 7.03. The number of hydrogen-bond acceptors (Lipinski definition) is 2. The third-order valence-electron chi connectivity index (χ3n) is 5.47. The Morgan fingerprint density at radius 2 is 2.05 bits per heavy atom. The van der Waals surface area contributed by atoms with Crippen LogP contribution in [0.3, 0.4) is 0 Å². The van der Waals surface area contributed by atoms with Gasteiger partial charge in [-0.15, -0.1) is 0 Å². The maximum atomic E-state index is 9.95. The van der Waals surface area contributed by atoms with Crippen LogP contribution in [0.1, 0.15) is 69.9 Å². The molecule has 1 aromatic carbocycles. The lowest BCUT2D eigenvalue weighted by Crippen LogP contribution is -2.13. The lowest BCUT2D eigenvalue weighted by molar-refractivity contribution is 0.328. The molecule has 0 saturated carbocycles. The third kappa shape index (κ3) is 3.72. The van der Waals surface area contributed by atoms with Gasteiger partial charge in [0, 0.05) is 0 Å². The quantitative estimate of drug-likeness (QED) is 0.772. The van der Waals surface area contributed by atoms with Crippen LogP contribution in [0.5, 0.6) is 11.5 Å². The van der Waals surface area contributed by atoms with E-state index in [1.807, 2.05) is 6.07 Å². The number of hydrogen-bond donors (Lipinski definition) is 1. The molecular formula is C19H30O2. The Labute approximate surface area is 129 Å². The minimum Gasteiger partial charge on any atom is -0.504 e. The lowest BCUT2D eigenvalue weighted by atomic mass is 9.78. The van der Waals surface area contributed by atoms with E-state index in [2.05, 4.69) is 26.8 Å². The Kier molecular flexibility index (Phi) is 5.55. The van der Waals surface area contributed by atoms with E-state index in [1.54, 1.807) is 7.11 Å². The van der Waals surface area contributed by atoms with Crippen LogP contribution < -0.4 is 4.74 Å². The van der Waals surface area contributed by atoms with Gasteiger partial charge < -0.3 is 9.84 Å². The van der Waals surface area contributed by atoms with Crippen molar-refractivity contribution >= 4 is 0 Å². The normalized spacial score (nSPS) is 20.7. The van der Waals surface area contributed by atoms with E-state index < -0.39 is 0 Å². The maximum absolute atomic E-state index is 9.95. The number of methoxy groups -OCH3 is 1. The van der Waals surface area contributed by atoms with Gasteiger partial charge in [-0.2, -0.15) is 0 Å². The summed E-state index contributed by atoms with van der Waals surface area (Å²) in [6, 6.07) is 3.99. The Hall–Kier alpha value is -1.18. The van der Waals surface area contributed by atoms with Crippen molar-refractivity contribution in [2.75, 3.05) is 7.11 Å². The van der Waals surface area contributed by atoms with Gasteiger partial charge in [-0.05, 0) is 73.1 Å². The van der Waals surface area contributed by atoms with Crippen LogP contribution in [0.15, 0.2) is 12.1 Å². The second-order valence-electron chi connectivity index (χ2n) is 6.75. The molecule has 2 nitrogen and oxygen atoms in total. The number of phenols is 1. The van der Waals surface area contributed by atoms with Gasteiger partial charge in [0.2, 0.25) is 0 Å². The molecule has 0 spiro atoms. The van der Waals surface area contributed by atoms with E-state index >= 15 is 0 Å². The van der Waals surface area contributed by atoms with E-state index in [0.717, 1.165) is 18.3 Å². The van der Waals surface area contributed by atoms with Gasteiger partial charge in [0.15, 0.2) is 11.5 Å². The van der Waals surface area contributed by atoms with Crippen molar-refractivity contribution in [3.63, 3.8) is 0 Å². The van der Waals surface area contributed by atoms with Gasteiger partial charge in [-0.25, -0.2) is 0 Å². The molecule has 2 rings (SSSR count). The second kappa shape index (κ2) is 7.20. The third-order valence-corrected chi connectivity index (χ3v) is 5.47. The predicted molar refractivity (Wildman–Crippen MR) is 88.2 cm³/mol. The SMILES string of the molecule is CCC(C)C(C)CCC1CCCc2cc(O)c(OC)cc21. The van der Waals surface area contributed by atoms with E-state index in [9.17, 15) is 5.11 Å². The molecular weight excluding hydrogens is 260 g/mol. The number of benzene rings is 1. The smallest absolute Gasteiger partial charge is 0.160 e. The van der Waals surface area contributed by atoms with Crippen molar-refractivity contribution in [1.29, 1.82) is 0 Å². The molecule has 0 aromatic heterocycles. The van der Waals surface area contributed by atoms with Crippen molar-refractivity contribution < 1.29 is 9.84 Å². The molecule has 1 aromatic rings. The van der Waals surface area contributed by atoms with Crippen LogP contribution >= 0.6 is 0 Å². The molecule has 1 N–H and O–H groups in total. The van der Waals surface area contributed by atoms with Crippen molar-refractivity contribution in [3.05, 3.63) is 23.3 Å². The zero-order chi connectivity index (χ0) is 15.4. The van der Waals surface area contributed by atoms with Crippen LogP contribution in [0.25, 0.3) is 0 Å². The molecule has 1 aliphatic carbocycles. The van der Waals surface area contributed by atoms with Gasteiger partial charge in [-0.1, -0.05) is 27.2 Å². The minimum absolute atomic E-state index is 0.282. The first-order chi connectivity index (χ1) is 10.1. The Bertz CT molecular complexity index is 467. The van der Waals surface area contributed by atoms with Gasteiger partial charge in [0.05, 0.1) is 7.11 Å². The summed E-state index contributed by atoms with van der Waals surface area (Å²) >= 11 is 0. The topological polar surface area (TPSA) is 29.5 Å². The summed E-state index contributed by atoms with van der Waals surface area (Å²) in [7, 11) is 1.63. The summed E-state index contributed by atoms with van der Waals surface area (Å²) in [6.07, 6.45) is 7.42. The summed E-state index contributed by atoms with van der Waals surface area (Å²) in [5.41, 5.74) is 2.73. The Morgan fingerprint density at radius 3 is 2.71 bits per heavy atom. The molecule has 0 heterocycles. The first-order valence-corrected chi connectivity index (χ1v) is 8.46. The molecule has 0 amide bonds. The molecule has 0 radical (unpaired) electrons. The Morgan fingerprint density at radius 1 is 1.29 bits per heavy atom. The van der Waals surface area contributed by atoms with Gasteiger partial charge in [-0.3, -0.25) is 0 Å². The van der Waals surface area contributed by atoms with Crippen LogP contribution in [0.2, 0.25) is 0 Å². The summed E-state index contributed by atoms with van der Waals surface area (Å²) in [5, 5.41) is 9.95. The molecule has 0 fully saturated rings. The first-order valence-electron chi connectivity index (χ1n) is 8.46. The molecule has 0 aliphatic heterocycles. The van der Waals surface area contributed by atoms with Crippen molar-refractivity contribution in [2.45, 2.75) is 65.2 Å². The van der Waals surface area contributed by atoms with Crippen LogP contribution in [0.4, 0.5) is 0 Å². The first kappa shape index (κ1) is 16.2. The highest BCUT2D eigenvalue weighted by Gasteiger charge is 2.23. The molecule has 2 heteroatoms. The number of aromatic hydroxyl groups is 1. The molecule has 0 saturated heterocycles. The highest BCUT2D eigenvalue weighted by Crippen LogP contribution is 2.41. The molecule has 1 aliphatic rings. The predicted octanol–water partition coefficient (Wildman–Crippen LogP) is 5.28. The molecule has 3 atom stereocenters. The second-order valence-corrected chi connectivity index (χ2v) is 6.75. The van der Waals surface area contributed by atoms with Crippen LogP contribution in [-0.2, 0) is 6.42 Å². The standard InChI is InChI=1S/C19H30O2/c1-5-13(2)14(3)9-10-15-7-6-8-16-11-18(20)19(21-4)12-17(15)16/h11-15,20H,5-10H2,1-4H3. The number of rotatable bonds is 6. The molecule has 118 valence electrons. The van der Waals surface area contributed by atoms with Crippen LogP contribution in [-0.4, -0.2) is 12.2 Å². The Balaban J connectivity index is 2.10. The van der Waals surface area contributed by atoms with E-state index in [4.69, 9.17) is 4.74 Å². The summed E-state index contributed by atoms with van der Waals surface area (Å²) in [5.74, 6) is 3.14. The number of phenolic OH excluding ortho intramolecular Hbond substituents is 1. The highest BCUT2D eigenvalue weighted by atomic mass is 16.5. The van der Waals surface area contributed by atoms with Crippen LogP contribution in [0, 0.1) is 11.8 Å². The molecule has 3 unspecified atom stereocenters. The van der Waals surface area contributed by atoms with Gasteiger partial charge in [0.25, 0.3) is 0 Å². The fourth-order valence-corrected chi connectivity index (χ4v) is 3.53. The monoisotopic (exact) mass is 290 g/mol. The fraction of sp³-hybridized carbons (Fsp3) is 0.684. The minimum atomic E-state index is 0.282. The van der Waals surface area contributed by atoms with Gasteiger partial charge in [0.1, 0.15) is 0 Å². The average Bonchev–Trinajstić information content (AvgIpc) is 2.50. The molecule has 21 heavy (non-hydrogen) atoms. The largest absolute Gasteiger partial charge is 0.504 e. The maximum Gasteiger partial charge on any atom is 0.160 e. The number of aryl methyl sites for hydroxylation is 1. The molecule has 0 bridgehead atoms. The van der Waals surface area contributed by atoms with E-state index in [1.165, 1.54) is 43.2 Å². The zero-order valence-corrected chi connectivity index (χ0v) is 14.0. The lowest BCUT2D eigenvalue weighted by Gasteiger charge is -2.28. The summed E-state index contributed by atoms with van der Waals surface area (Å²) < 4.78 is 5.29. The number of ether oxygens (including phenoxy) is 1. The zero-order valence-electron chi connectivity index (χ0n) is 14.0. The average molecular weight is 290 g/mol. The van der Waals surface area contributed by atoms with Crippen molar-refractivity contribution in [2.24, 2.45) is 11.8 Å². The number of fused-ring (bicyclic) bond motifs is 1.